The van der Waals surface area contributed by atoms with Crippen LogP contribution in [0, 0.1) is 13.8 Å². The van der Waals surface area contributed by atoms with Crippen molar-refractivity contribution in [3.05, 3.63) is 49.9 Å². The van der Waals surface area contributed by atoms with Crippen LogP contribution in [0.25, 0.3) is 0 Å². The molecule has 18 heavy (non-hydrogen) atoms. The number of halogens is 1. The lowest BCUT2D eigenvalue weighted by Gasteiger charge is -2.05. The summed E-state index contributed by atoms with van der Waals surface area (Å²) in [5, 5.41) is 2.96. The third-order valence-corrected chi connectivity index (χ3v) is 5.44. The zero-order chi connectivity index (χ0) is 13.1. The third-order valence-electron chi connectivity index (χ3n) is 2.57. The maximum atomic E-state index is 12.1. The van der Waals surface area contributed by atoms with E-state index in [4.69, 9.17) is 0 Å². The highest BCUT2D eigenvalue weighted by Gasteiger charge is 2.08. The molecule has 96 valence electrons. The minimum absolute atomic E-state index is 0.550. The number of nitrogens with zero attached hydrogens (tertiary/aromatic N) is 1. The van der Waals surface area contributed by atoms with E-state index in [0.717, 1.165) is 20.7 Å². The summed E-state index contributed by atoms with van der Waals surface area (Å²) >= 11 is 5.02. The van der Waals surface area contributed by atoms with E-state index in [-0.39, 0.29) is 0 Å². The van der Waals surface area contributed by atoms with Gasteiger partial charge < -0.3 is 0 Å². The zero-order valence-corrected chi connectivity index (χ0v) is 13.5. The first-order chi connectivity index (χ1) is 8.54. The van der Waals surface area contributed by atoms with Crippen molar-refractivity contribution in [2.24, 2.45) is 0 Å². The lowest BCUT2D eigenvalue weighted by molar-refractivity contribution is 0.682. The molecule has 2 nitrogen and oxygen atoms in total. The fourth-order valence-electron chi connectivity index (χ4n) is 1.65. The lowest BCUT2D eigenvalue weighted by atomic mass is 10.1. The lowest BCUT2D eigenvalue weighted by Crippen LogP contribution is -2.01. The molecule has 0 radical (unpaired) electrons. The molecule has 1 heterocycles. The Morgan fingerprint density at radius 2 is 2.11 bits per heavy atom. The van der Waals surface area contributed by atoms with Gasteiger partial charge in [-0.05, 0) is 37.1 Å². The van der Waals surface area contributed by atoms with Crippen molar-refractivity contribution >= 4 is 38.1 Å². The van der Waals surface area contributed by atoms with Crippen molar-refractivity contribution in [3.8, 4) is 0 Å². The van der Waals surface area contributed by atoms with Crippen molar-refractivity contribution in [2.75, 3.05) is 0 Å². The van der Waals surface area contributed by atoms with Crippen LogP contribution in [0.1, 0.15) is 21.8 Å². The van der Waals surface area contributed by atoms with E-state index < -0.39 is 10.8 Å². The molecule has 1 atom stereocenters. The summed E-state index contributed by atoms with van der Waals surface area (Å²) < 4.78 is 13.2. The summed E-state index contributed by atoms with van der Waals surface area (Å²) in [7, 11) is -0.893. The number of hydrogen-bond donors (Lipinski definition) is 0. The molecule has 0 saturated carbocycles. The fourth-order valence-corrected chi connectivity index (χ4v) is 4.46. The summed E-state index contributed by atoms with van der Waals surface area (Å²) in [6.07, 6.45) is 0. The molecule has 0 N–H and O–H groups in total. The Morgan fingerprint density at radius 1 is 1.33 bits per heavy atom. The van der Waals surface area contributed by atoms with Crippen LogP contribution >= 0.6 is 27.3 Å². The van der Waals surface area contributed by atoms with Gasteiger partial charge in [-0.15, -0.1) is 11.3 Å². The first-order valence-electron chi connectivity index (χ1n) is 5.55. The highest BCUT2D eigenvalue weighted by atomic mass is 79.9. The molecular formula is C13H14BrNOS2. The second-order valence-corrected chi connectivity index (χ2v) is 7.50. The Morgan fingerprint density at radius 3 is 2.72 bits per heavy atom. The van der Waals surface area contributed by atoms with Crippen LogP contribution in [0.4, 0.5) is 0 Å². The van der Waals surface area contributed by atoms with E-state index >= 15 is 0 Å². The van der Waals surface area contributed by atoms with E-state index in [9.17, 15) is 4.21 Å². The summed E-state index contributed by atoms with van der Waals surface area (Å²) in [6, 6.07) is 6.08. The largest absolute Gasteiger partial charge is 0.259 e. The molecule has 0 spiro atoms. The zero-order valence-electron chi connectivity index (χ0n) is 10.3. The Balaban J connectivity index is 2.03. The summed E-state index contributed by atoms with van der Waals surface area (Å²) in [5.74, 6) is 1.14. The molecule has 1 aromatic heterocycles. The third kappa shape index (κ3) is 3.73. The van der Waals surface area contributed by atoms with E-state index in [1.54, 1.807) is 11.3 Å². The van der Waals surface area contributed by atoms with Crippen molar-refractivity contribution in [3.63, 3.8) is 0 Å². The number of hydrogen-bond acceptors (Lipinski definition) is 3. The highest BCUT2D eigenvalue weighted by Crippen LogP contribution is 2.19. The fraction of sp³-hybridized carbons (Fsp3) is 0.308. The normalized spacial score (nSPS) is 12.6. The molecule has 0 aliphatic heterocycles. The van der Waals surface area contributed by atoms with Gasteiger partial charge in [0.2, 0.25) is 0 Å². The first kappa shape index (κ1) is 13.9. The van der Waals surface area contributed by atoms with Gasteiger partial charge in [0, 0.05) is 32.1 Å². The maximum absolute atomic E-state index is 12.1. The van der Waals surface area contributed by atoms with Gasteiger partial charge in [0.1, 0.15) is 5.01 Å². The average Bonchev–Trinajstić information content (AvgIpc) is 2.68. The van der Waals surface area contributed by atoms with Crippen molar-refractivity contribution in [1.82, 2.24) is 4.98 Å². The van der Waals surface area contributed by atoms with Gasteiger partial charge in [-0.2, -0.15) is 0 Å². The minimum atomic E-state index is -0.893. The number of aromatic nitrogens is 1. The van der Waals surface area contributed by atoms with Crippen LogP contribution < -0.4 is 0 Å². The Labute approximate surface area is 122 Å². The molecular weight excluding hydrogens is 330 g/mol. The van der Waals surface area contributed by atoms with E-state index in [1.807, 2.05) is 31.4 Å². The van der Waals surface area contributed by atoms with E-state index in [2.05, 4.69) is 27.0 Å². The predicted octanol–water partition coefficient (Wildman–Crippen LogP) is 3.97. The molecule has 0 aliphatic rings. The molecule has 0 bridgehead atoms. The molecule has 1 aromatic carbocycles. The number of benzene rings is 1. The van der Waals surface area contributed by atoms with Crippen LogP contribution in [-0.2, 0) is 22.3 Å². The Kier molecular flexibility index (Phi) is 4.70. The molecule has 0 saturated heterocycles. The van der Waals surface area contributed by atoms with Crippen molar-refractivity contribution in [1.29, 1.82) is 0 Å². The SMILES string of the molecule is Cc1csc(C[S@@](=O)Cc2ccc(Br)cc2C)n1. The van der Waals surface area contributed by atoms with Crippen LogP contribution in [0.5, 0.6) is 0 Å². The van der Waals surface area contributed by atoms with Gasteiger partial charge in [0.15, 0.2) is 0 Å². The highest BCUT2D eigenvalue weighted by molar-refractivity contribution is 9.10. The molecule has 2 aromatic rings. The molecule has 0 unspecified atom stereocenters. The van der Waals surface area contributed by atoms with Gasteiger partial charge in [0.05, 0.1) is 5.75 Å². The number of thiazole rings is 1. The van der Waals surface area contributed by atoms with Gasteiger partial charge >= 0.3 is 0 Å². The van der Waals surface area contributed by atoms with Gasteiger partial charge in [-0.25, -0.2) is 4.98 Å². The molecule has 0 amide bonds. The van der Waals surface area contributed by atoms with E-state index in [1.165, 1.54) is 5.56 Å². The second-order valence-electron chi connectivity index (χ2n) is 4.18. The first-order valence-corrected chi connectivity index (χ1v) is 8.71. The summed E-state index contributed by atoms with van der Waals surface area (Å²) in [5.41, 5.74) is 3.32. The van der Waals surface area contributed by atoms with E-state index in [0.29, 0.717) is 11.5 Å². The Hall–Kier alpha value is -0.520. The van der Waals surface area contributed by atoms with Crippen LogP contribution in [0.2, 0.25) is 0 Å². The van der Waals surface area contributed by atoms with Crippen LogP contribution in [-0.4, -0.2) is 9.19 Å². The standard InChI is InChI=1S/C13H14BrNOS2/c1-9-5-12(14)4-3-11(9)7-18(16)8-13-15-10(2)6-17-13/h3-6H,7-8H2,1-2H3/t18-/m0/s1. The maximum Gasteiger partial charge on any atom is 0.105 e. The molecule has 0 aliphatic carbocycles. The van der Waals surface area contributed by atoms with Gasteiger partial charge in [-0.1, -0.05) is 22.0 Å². The monoisotopic (exact) mass is 343 g/mol. The molecule has 5 heteroatoms. The van der Waals surface area contributed by atoms with Crippen LogP contribution in [0.15, 0.2) is 28.1 Å². The van der Waals surface area contributed by atoms with Gasteiger partial charge in [-0.3, -0.25) is 4.21 Å². The molecule has 2 rings (SSSR count). The quantitative estimate of drug-likeness (QED) is 0.840. The molecule has 0 fully saturated rings. The van der Waals surface area contributed by atoms with Crippen molar-refractivity contribution in [2.45, 2.75) is 25.4 Å². The smallest absolute Gasteiger partial charge is 0.105 e. The Bertz CT molecular complexity index is 580. The predicted molar refractivity (Wildman–Crippen MR) is 81.3 cm³/mol. The second kappa shape index (κ2) is 6.08. The van der Waals surface area contributed by atoms with Crippen molar-refractivity contribution < 1.29 is 4.21 Å². The van der Waals surface area contributed by atoms with Gasteiger partial charge in [0.25, 0.3) is 0 Å². The number of rotatable bonds is 4. The minimum Gasteiger partial charge on any atom is -0.259 e. The average molecular weight is 344 g/mol. The van der Waals surface area contributed by atoms with Crippen LogP contribution in [0.3, 0.4) is 0 Å². The topological polar surface area (TPSA) is 30.0 Å². The number of aryl methyl sites for hydroxylation is 2. The summed E-state index contributed by atoms with van der Waals surface area (Å²) in [4.78, 5) is 4.35. The summed E-state index contributed by atoms with van der Waals surface area (Å²) in [6.45, 7) is 4.01.